The maximum Gasteiger partial charge on any atom is 0.303 e. The molecule has 0 aliphatic carbocycles. The van der Waals surface area contributed by atoms with E-state index in [-0.39, 0.29) is 0 Å². The van der Waals surface area contributed by atoms with Gasteiger partial charge in [-0.3, -0.25) is 4.79 Å². The van der Waals surface area contributed by atoms with Gasteiger partial charge in [0.2, 0.25) is 0 Å². The van der Waals surface area contributed by atoms with Crippen molar-refractivity contribution in [1.82, 2.24) is 0 Å². The Labute approximate surface area is 238 Å². The smallest absolute Gasteiger partial charge is 0.303 e. The third-order valence-corrected chi connectivity index (χ3v) is 12.5. The van der Waals surface area contributed by atoms with Gasteiger partial charge in [0.05, 0.1) is 6.16 Å². The van der Waals surface area contributed by atoms with Gasteiger partial charge in [0.15, 0.2) is 0 Å². The van der Waals surface area contributed by atoms with E-state index in [0.29, 0.717) is 6.42 Å². The Morgan fingerprint density at radius 1 is 0.436 bits per heavy atom. The molecule has 0 unspecified atom stereocenters. The summed E-state index contributed by atoms with van der Waals surface area (Å²) < 4.78 is 0. The number of hydrogen-bond donors (Lipinski definition) is 1. The lowest BCUT2D eigenvalue weighted by Gasteiger charge is -2.27. The number of benzene rings is 3. The van der Waals surface area contributed by atoms with Crippen LogP contribution in [-0.4, -0.2) is 17.2 Å². The van der Waals surface area contributed by atoms with Crippen LogP contribution in [-0.2, 0) is 4.79 Å². The summed E-state index contributed by atoms with van der Waals surface area (Å²) in [4.78, 5) is 10.5. The lowest BCUT2D eigenvalue weighted by atomic mass is 10.0. The van der Waals surface area contributed by atoms with Crippen molar-refractivity contribution in [2.45, 2.75) is 103 Å². The quantitative estimate of drug-likeness (QED) is 0.107. The largest absolute Gasteiger partial charge is 0.481 e. The summed E-state index contributed by atoms with van der Waals surface area (Å²) in [7, 11) is -1.67. The highest BCUT2D eigenvalue weighted by Crippen LogP contribution is 2.56. The fraction of sp³-hybridized carbons (Fsp3) is 0.472. The van der Waals surface area contributed by atoms with Crippen LogP contribution in [0.15, 0.2) is 91.0 Å². The summed E-state index contributed by atoms with van der Waals surface area (Å²) in [5.74, 6) is -0.660. The van der Waals surface area contributed by atoms with E-state index in [1.54, 1.807) is 0 Å². The van der Waals surface area contributed by atoms with Crippen molar-refractivity contribution in [2.75, 3.05) is 6.16 Å². The molecule has 0 fully saturated rings. The van der Waals surface area contributed by atoms with Gasteiger partial charge >= 0.3 is 5.97 Å². The van der Waals surface area contributed by atoms with Gasteiger partial charge in [0.1, 0.15) is 23.2 Å². The van der Waals surface area contributed by atoms with Crippen molar-refractivity contribution in [1.29, 1.82) is 0 Å². The van der Waals surface area contributed by atoms with Gasteiger partial charge in [-0.15, -0.1) is 0 Å². The second kappa shape index (κ2) is 18.8. The summed E-state index contributed by atoms with van der Waals surface area (Å²) in [6.45, 7) is 0. The summed E-state index contributed by atoms with van der Waals surface area (Å²) in [5, 5.41) is 13.2. The van der Waals surface area contributed by atoms with Gasteiger partial charge in [-0.05, 0) is 55.7 Å². The lowest BCUT2D eigenvalue weighted by Crippen LogP contribution is -2.33. The van der Waals surface area contributed by atoms with E-state index in [2.05, 4.69) is 91.0 Å². The standard InChI is InChI=1S/C36H49O2P/c37-36(38)31-23-12-10-8-6-4-2-1-3-5-7-9-11-13-24-32-39(33-25-17-14-18-26-33,34-27-19-15-20-28-34)35-29-21-16-22-30-35/h14-22,25-30H,1-13,23-24,31-32H2/p+1. The highest BCUT2D eigenvalue weighted by Gasteiger charge is 2.44. The molecule has 0 bridgehead atoms. The fourth-order valence-electron chi connectivity index (χ4n) is 5.81. The molecule has 39 heavy (non-hydrogen) atoms. The van der Waals surface area contributed by atoms with Crippen LogP contribution >= 0.6 is 7.26 Å². The zero-order valence-corrected chi connectivity index (χ0v) is 24.9. The van der Waals surface area contributed by atoms with Crippen LogP contribution in [0.25, 0.3) is 0 Å². The third-order valence-electron chi connectivity index (χ3n) is 7.98. The summed E-state index contributed by atoms with van der Waals surface area (Å²) >= 11 is 0. The Bertz CT molecular complexity index is 923. The normalized spacial score (nSPS) is 11.5. The van der Waals surface area contributed by atoms with Crippen LogP contribution in [0.3, 0.4) is 0 Å². The highest BCUT2D eigenvalue weighted by atomic mass is 31.2. The van der Waals surface area contributed by atoms with Crippen LogP contribution in [0, 0.1) is 0 Å². The van der Waals surface area contributed by atoms with Crippen LogP contribution < -0.4 is 15.9 Å². The topological polar surface area (TPSA) is 37.3 Å². The van der Waals surface area contributed by atoms with E-state index < -0.39 is 13.2 Å². The third kappa shape index (κ3) is 10.9. The van der Waals surface area contributed by atoms with Crippen molar-refractivity contribution >= 4 is 29.1 Å². The molecule has 3 aromatic rings. The SMILES string of the molecule is O=C(O)CCCCCCCCCCCCCCCCC[P+](c1ccccc1)(c1ccccc1)c1ccccc1. The van der Waals surface area contributed by atoms with Crippen molar-refractivity contribution < 1.29 is 9.90 Å². The first-order chi connectivity index (χ1) is 19.2. The maximum atomic E-state index is 10.5. The molecule has 3 heteroatoms. The van der Waals surface area contributed by atoms with Crippen molar-refractivity contribution in [2.24, 2.45) is 0 Å². The average Bonchev–Trinajstić information content (AvgIpc) is 2.98. The minimum Gasteiger partial charge on any atom is -0.481 e. The number of unbranched alkanes of at least 4 members (excludes halogenated alkanes) is 14. The Morgan fingerprint density at radius 3 is 1.03 bits per heavy atom. The van der Waals surface area contributed by atoms with E-state index in [4.69, 9.17) is 5.11 Å². The molecule has 0 aliphatic rings. The Kier molecular flexibility index (Phi) is 15.0. The molecule has 210 valence electrons. The van der Waals surface area contributed by atoms with Gasteiger partial charge in [0.25, 0.3) is 0 Å². The number of rotatable bonds is 21. The molecule has 0 radical (unpaired) electrons. The molecule has 3 rings (SSSR count). The zero-order chi connectivity index (χ0) is 27.4. The van der Waals surface area contributed by atoms with Crippen LogP contribution in [0.2, 0.25) is 0 Å². The molecule has 0 spiro atoms. The molecule has 0 amide bonds. The molecule has 0 saturated carbocycles. The van der Waals surface area contributed by atoms with E-state index in [9.17, 15) is 4.79 Å². The van der Waals surface area contributed by atoms with Crippen LogP contribution in [0.4, 0.5) is 0 Å². The maximum absolute atomic E-state index is 10.5. The predicted octanol–water partition coefficient (Wildman–Crippen LogP) is 9.31. The predicted molar refractivity (Wildman–Crippen MR) is 172 cm³/mol. The first-order valence-corrected chi connectivity index (χ1v) is 17.5. The van der Waals surface area contributed by atoms with Gasteiger partial charge < -0.3 is 5.11 Å². The van der Waals surface area contributed by atoms with Crippen molar-refractivity contribution in [3.05, 3.63) is 91.0 Å². The summed E-state index contributed by atoms with van der Waals surface area (Å²) in [6, 6.07) is 33.8. The minimum absolute atomic E-state index is 0.331. The molecule has 0 atom stereocenters. The van der Waals surface area contributed by atoms with Gasteiger partial charge in [-0.1, -0.05) is 132 Å². The number of hydrogen-bond acceptors (Lipinski definition) is 1. The first-order valence-electron chi connectivity index (χ1n) is 15.5. The molecule has 0 saturated heterocycles. The molecule has 0 heterocycles. The molecule has 2 nitrogen and oxygen atoms in total. The van der Waals surface area contributed by atoms with Gasteiger partial charge in [-0.2, -0.15) is 0 Å². The van der Waals surface area contributed by atoms with Gasteiger partial charge in [-0.25, -0.2) is 0 Å². The van der Waals surface area contributed by atoms with Gasteiger partial charge in [0, 0.05) is 6.42 Å². The summed E-state index contributed by atoms with van der Waals surface area (Å²) in [5.41, 5.74) is 0. The van der Waals surface area contributed by atoms with Crippen molar-refractivity contribution in [3.8, 4) is 0 Å². The molecule has 0 aromatic heterocycles. The molecule has 3 aromatic carbocycles. The lowest BCUT2D eigenvalue weighted by molar-refractivity contribution is -0.137. The highest BCUT2D eigenvalue weighted by molar-refractivity contribution is 7.95. The van der Waals surface area contributed by atoms with E-state index in [1.165, 1.54) is 106 Å². The van der Waals surface area contributed by atoms with E-state index in [1.807, 2.05) is 0 Å². The number of carbonyl (C=O) groups is 1. The number of carboxylic acid groups (broad SMARTS) is 1. The number of carboxylic acids is 1. The Morgan fingerprint density at radius 2 is 0.718 bits per heavy atom. The average molecular weight is 546 g/mol. The minimum atomic E-state index is -1.67. The molecule has 1 N–H and O–H groups in total. The zero-order valence-electron chi connectivity index (χ0n) is 24.0. The van der Waals surface area contributed by atoms with E-state index in [0.717, 1.165) is 12.8 Å². The molecular formula is C36H50O2P+. The first kappa shape index (κ1) is 31.1. The number of aliphatic carboxylic acids is 1. The second-order valence-electron chi connectivity index (χ2n) is 11.0. The second-order valence-corrected chi connectivity index (χ2v) is 14.6. The molecule has 0 aliphatic heterocycles. The van der Waals surface area contributed by atoms with Crippen molar-refractivity contribution in [3.63, 3.8) is 0 Å². The fourth-order valence-corrected chi connectivity index (χ4v) is 10.2. The Balaban J connectivity index is 1.35. The molecular weight excluding hydrogens is 495 g/mol. The monoisotopic (exact) mass is 545 g/mol. The van der Waals surface area contributed by atoms with Crippen LogP contribution in [0.5, 0.6) is 0 Å². The van der Waals surface area contributed by atoms with Crippen LogP contribution in [0.1, 0.15) is 103 Å². The summed E-state index contributed by atoms with van der Waals surface area (Å²) in [6.07, 6.45) is 20.8. The Hall–Kier alpha value is -2.44. The van der Waals surface area contributed by atoms with E-state index >= 15 is 0 Å².